The SMILES string of the molecule is NC(CC(=O)OCc1ccccc1)C(=O)NC(CC(=O)OCc1ccccc1)C(=O)NC(CC(=O)OCc1ccccc1)C(=O)NC(CC(=O)OCc1ccccc1)C(=O)NC(CC(=O)OCc1ccccc1)C(=O)OCc1ccccc1. The number of ether oxygens (including phenoxy) is 6. The maximum Gasteiger partial charge on any atom is 0.329 e. The lowest BCUT2D eigenvalue weighted by Gasteiger charge is -2.26. The number of nitrogens with one attached hydrogen (secondary N) is 4. The summed E-state index contributed by atoms with van der Waals surface area (Å²) in [6.07, 6.45) is -4.20. The fourth-order valence-corrected chi connectivity index (χ4v) is 7.67. The van der Waals surface area contributed by atoms with Crippen LogP contribution in [0.1, 0.15) is 65.5 Å². The summed E-state index contributed by atoms with van der Waals surface area (Å²) in [4.78, 5) is 138. The molecule has 6 N–H and O–H groups in total. The Kier molecular flexibility index (Phi) is 25.1. The lowest BCUT2D eigenvalue weighted by molar-refractivity contribution is -0.155. The zero-order chi connectivity index (χ0) is 59.2. The number of amides is 4. The van der Waals surface area contributed by atoms with Crippen LogP contribution in [0, 0.1) is 0 Å². The molecule has 6 aromatic carbocycles. The van der Waals surface area contributed by atoms with E-state index in [9.17, 15) is 47.9 Å². The minimum absolute atomic E-state index is 0.132. The van der Waals surface area contributed by atoms with Gasteiger partial charge in [-0.1, -0.05) is 182 Å². The summed E-state index contributed by atoms with van der Waals surface area (Å²) in [5.41, 5.74) is 9.65. The molecule has 0 radical (unpaired) electrons. The Morgan fingerprint density at radius 1 is 0.277 bits per heavy atom. The number of esters is 6. The van der Waals surface area contributed by atoms with Gasteiger partial charge in [0.2, 0.25) is 23.6 Å². The molecule has 6 rings (SSSR count). The largest absolute Gasteiger partial charge is 0.461 e. The highest BCUT2D eigenvalue weighted by atomic mass is 16.6. The molecular weight excluding hydrogens is 1070 g/mol. The number of rotatable bonds is 31. The van der Waals surface area contributed by atoms with Crippen LogP contribution in [-0.2, 0) is 116 Å². The highest BCUT2D eigenvalue weighted by Gasteiger charge is 2.36. The van der Waals surface area contributed by atoms with Gasteiger partial charge in [-0.25, -0.2) is 4.79 Å². The van der Waals surface area contributed by atoms with Crippen molar-refractivity contribution in [3.05, 3.63) is 215 Å². The smallest absolute Gasteiger partial charge is 0.329 e. The Labute approximate surface area is 478 Å². The number of benzene rings is 6. The fourth-order valence-electron chi connectivity index (χ4n) is 7.67. The first kappa shape index (κ1) is 62.2. The molecule has 0 heterocycles. The number of hydrogen-bond acceptors (Lipinski definition) is 17. The summed E-state index contributed by atoms with van der Waals surface area (Å²) in [6, 6.07) is 41.9. The van der Waals surface area contributed by atoms with E-state index in [4.69, 9.17) is 34.2 Å². The van der Waals surface area contributed by atoms with Gasteiger partial charge in [0.1, 0.15) is 63.8 Å². The third-order valence-corrected chi connectivity index (χ3v) is 12.1. The predicted octanol–water partition coefficient (Wildman–Crippen LogP) is 4.66. The Morgan fingerprint density at radius 3 is 0.747 bits per heavy atom. The van der Waals surface area contributed by atoms with E-state index in [0.717, 1.165) is 0 Å². The molecule has 0 aromatic heterocycles. The Balaban J connectivity index is 1.26. The van der Waals surface area contributed by atoms with Crippen LogP contribution in [0.15, 0.2) is 182 Å². The van der Waals surface area contributed by atoms with Crippen molar-refractivity contribution < 1.29 is 76.4 Å². The van der Waals surface area contributed by atoms with E-state index < -0.39 is 122 Å². The molecule has 0 aliphatic carbocycles. The molecule has 6 aromatic rings. The first-order valence-electron chi connectivity index (χ1n) is 26.3. The van der Waals surface area contributed by atoms with Crippen LogP contribution in [0.4, 0.5) is 0 Å². The lowest BCUT2D eigenvalue weighted by atomic mass is 10.1. The molecule has 0 fully saturated rings. The van der Waals surface area contributed by atoms with Gasteiger partial charge < -0.3 is 55.4 Å². The van der Waals surface area contributed by atoms with Gasteiger partial charge in [0.05, 0.1) is 38.1 Å². The van der Waals surface area contributed by atoms with Crippen molar-refractivity contribution in [3.63, 3.8) is 0 Å². The van der Waals surface area contributed by atoms with E-state index in [1.54, 1.807) is 182 Å². The molecule has 0 spiro atoms. The van der Waals surface area contributed by atoms with Gasteiger partial charge in [-0.2, -0.15) is 0 Å². The minimum Gasteiger partial charge on any atom is -0.461 e. The highest BCUT2D eigenvalue weighted by molar-refractivity contribution is 5.99. The fraction of sp³-hybridized carbons (Fsp3) is 0.258. The summed E-state index contributed by atoms with van der Waals surface area (Å²) < 4.78 is 32.5. The van der Waals surface area contributed by atoms with E-state index >= 15 is 0 Å². The standard InChI is InChI=1S/C62H63N5O16/c63-48(31-53(68)78-36-42-19-7-1-8-20-42)58(73)64-49(32-54(69)79-37-43-21-9-2-10-22-43)59(74)65-50(33-55(70)80-38-44-23-11-3-12-24-44)60(75)66-51(34-56(71)81-39-45-25-13-4-14-26-45)61(76)67-52(62(77)83-41-47-29-17-6-18-30-47)35-57(72)82-40-46-27-15-5-16-28-46/h1-30,48-52H,31-41,63H2,(H,64,73)(H,65,74)(H,66,75)(H,67,76). The molecule has 432 valence electrons. The average molecular weight is 1130 g/mol. The van der Waals surface area contributed by atoms with Crippen molar-refractivity contribution in [2.24, 2.45) is 5.73 Å². The molecule has 5 atom stereocenters. The Morgan fingerprint density at radius 2 is 0.482 bits per heavy atom. The van der Waals surface area contributed by atoms with Crippen molar-refractivity contribution in [3.8, 4) is 0 Å². The van der Waals surface area contributed by atoms with Crippen molar-refractivity contribution >= 4 is 59.4 Å². The summed E-state index contributed by atoms with van der Waals surface area (Å²) in [7, 11) is 0. The van der Waals surface area contributed by atoms with E-state index in [2.05, 4.69) is 21.3 Å². The molecule has 0 saturated heterocycles. The predicted molar refractivity (Wildman–Crippen MR) is 296 cm³/mol. The molecule has 21 nitrogen and oxygen atoms in total. The van der Waals surface area contributed by atoms with Crippen LogP contribution in [0.2, 0.25) is 0 Å². The van der Waals surface area contributed by atoms with Gasteiger partial charge in [-0.15, -0.1) is 0 Å². The first-order valence-corrected chi connectivity index (χ1v) is 26.3. The van der Waals surface area contributed by atoms with Gasteiger partial charge >= 0.3 is 35.8 Å². The molecule has 0 aliphatic heterocycles. The first-order chi connectivity index (χ1) is 40.2. The monoisotopic (exact) mass is 1130 g/mol. The summed E-state index contributed by atoms with van der Waals surface area (Å²) in [5, 5.41) is 9.43. The summed E-state index contributed by atoms with van der Waals surface area (Å²) in [5.74, 6) is -10.9. The van der Waals surface area contributed by atoms with Crippen LogP contribution in [-0.4, -0.2) is 89.7 Å². The van der Waals surface area contributed by atoms with Gasteiger partial charge in [-0.05, 0) is 33.4 Å². The molecule has 5 unspecified atom stereocenters. The van der Waals surface area contributed by atoms with E-state index in [1.165, 1.54) is 0 Å². The Hall–Kier alpha value is -10.0. The molecule has 0 bridgehead atoms. The number of nitrogens with two attached hydrogens (primary N) is 1. The topological polar surface area (TPSA) is 300 Å². The quantitative estimate of drug-likeness (QED) is 0.0292. The van der Waals surface area contributed by atoms with Crippen molar-refractivity contribution in [1.82, 2.24) is 21.3 Å². The second-order valence-corrected chi connectivity index (χ2v) is 18.7. The maximum atomic E-state index is 14.7. The summed E-state index contributed by atoms with van der Waals surface area (Å²) in [6.45, 7) is -1.40. The second kappa shape index (κ2) is 33.5. The van der Waals surface area contributed by atoms with Crippen LogP contribution in [0.5, 0.6) is 0 Å². The zero-order valence-electron chi connectivity index (χ0n) is 45.1. The van der Waals surface area contributed by atoms with E-state index in [-0.39, 0.29) is 39.6 Å². The average Bonchev–Trinajstić information content (AvgIpc) is 3.58. The lowest BCUT2D eigenvalue weighted by Crippen LogP contribution is -2.59. The van der Waals surface area contributed by atoms with Crippen LogP contribution >= 0.6 is 0 Å². The van der Waals surface area contributed by atoms with E-state index in [0.29, 0.717) is 33.4 Å². The highest BCUT2D eigenvalue weighted by Crippen LogP contribution is 2.13. The van der Waals surface area contributed by atoms with Gasteiger partial charge in [0.15, 0.2) is 0 Å². The van der Waals surface area contributed by atoms with Crippen molar-refractivity contribution in [1.29, 1.82) is 0 Å². The van der Waals surface area contributed by atoms with Crippen LogP contribution in [0.25, 0.3) is 0 Å². The zero-order valence-corrected chi connectivity index (χ0v) is 45.1. The molecule has 4 amide bonds. The number of carbonyl (C=O) groups is 10. The van der Waals surface area contributed by atoms with Crippen LogP contribution < -0.4 is 27.0 Å². The third-order valence-electron chi connectivity index (χ3n) is 12.1. The van der Waals surface area contributed by atoms with Crippen molar-refractivity contribution in [2.75, 3.05) is 0 Å². The molecule has 0 aliphatic rings. The van der Waals surface area contributed by atoms with Gasteiger partial charge in [0, 0.05) is 0 Å². The van der Waals surface area contributed by atoms with Crippen LogP contribution in [0.3, 0.4) is 0 Å². The number of carbonyl (C=O) groups excluding carboxylic acids is 10. The minimum atomic E-state index is -2.01. The molecule has 83 heavy (non-hydrogen) atoms. The summed E-state index contributed by atoms with van der Waals surface area (Å²) >= 11 is 0. The van der Waals surface area contributed by atoms with Gasteiger partial charge in [0.25, 0.3) is 0 Å². The molecule has 21 heteroatoms. The third kappa shape index (κ3) is 22.9. The Bertz CT molecular complexity index is 3090. The van der Waals surface area contributed by atoms with Crippen molar-refractivity contribution in [2.45, 2.75) is 102 Å². The molecule has 0 saturated carbocycles. The second-order valence-electron chi connectivity index (χ2n) is 18.7. The maximum absolute atomic E-state index is 14.7. The number of hydrogen-bond donors (Lipinski definition) is 5. The van der Waals surface area contributed by atoms with E-state index in [1.807, 2.05) is 0 Å². The van der Waals surface area contributed by atoms with Gasteiger partial charge in [-0.3, -0.25) is 43.2 Å². The normalized spacial score (nSPS) is 12.4. The molecular formula is C62H63N5O16.